The first-order valence-corrected chi connectivity index (χ1v) is 14.3. The summed E-state index contributed by atoms with van der Waals surface area (Å²) >= 11 is 0. The number of morpholine rings is 1. The highest BCUT2D eigenvalue weighted by atomic mass is 19.1. The van der Waals surface area contributed by atoms with Gasteiger partial charge in [0.2, 0.25) is 5.95 Å². The van der Waals surface area contributed by atoms with Crippen molar-refractivity contribution in [3.05, 3.63) is 88.7 Å². The van der Waals surface area contributed by atoms with Crippen molar-refractivity contribution in [3.8, 4) is 0 Å². The number of hydrogen-bond acceptors (Lipinski definition) is 6. The van der Waals surface area contributed by atoms with E-state index in [1.54, 1.807) is 0 Å². The highest BCUT2D eigenvalue weighted by molar-refractivity contribution is 5.79. The number of imidazole rings is 1. The highest BCUT2D eigenvalue weighted by Crippen LogP contribution is 2.25. The molecule has 40 heavy (non-hydrogen) atoms. The summed E-state index contributed by atoms with van der Waals surface area (Å²) in [5, 5.41) is 16.5. The van der Waals surface area contributed by atoms with E-state index in [1.807, 2.05) is 12.1 Å². The maximum atomic E-state index is 13.5. The molecule has 7 nitrogen and oxygen atoms in total. The van der Waals surface area contributed by atoms with E-state index in [0.29, 0.717) is 13.1 Å². The van der Waals surface area contributed by atoms with Crippen LogP contribution < -0.4 is 10.6 Å². The highest BCUT2D eigenvalue weighted by Gasteiger charge is 2.14. The first-order chi connectivity index (χ1) is 19.6. The fourth-order valence-corrected chi connectivity index (χ4v) is 5.22. The van der Waals surface area contributed by atoms with Gasteiger partial charge >= 0.3 is 0 Å². The number of anilines is 2. The third kappa shape index (κ3) is 7.38. The molecule has 8 heteroatoms. The molecule has 2 heterocycles. The Bertz CT molecular complexity index is 1380. The summed E-state index contributed by atoms with van der Waals surface area (Å²) in [4.78, 5) is 7.43. The first kappa shape index (κ1) is 28.1. The van der Waals surface area contributed by atoms with E-state index in [1.165, 1.54) is 23.3 Å². The van der Waals surface area contributed by atoms with Crippen LogP contribution in [0.25, 0.3) is 11.0 Å². The van der Waals surface area contributed by atoms with Crippen LogP contribution in [0, 0.1) is 12.7 Å². The Balaban J connectivity index is 1.32. The van der Waals surface area contributed by atoms with Gasteiger partial charge in [0.25, 0.3) is 0 Å². The minimum Gasteiger partial charge on any atom is -0.396 e. The molecule has 1 aromatic heterocycles. The number of nitrogens with zero attached hydrogens (tertiary/aromatic N) is 3. The van der Waals surface area contributed by atoms with Crippen LogP contribution in [0.3, 0.4) is 0 Å². The molecule has 1 aliphatic heterocycles. The van der Waals surface area contributed by atoms with Crippen LogP contribution in [0.5, 0.6) is 0 Å². The second-order valence-electron chi connectivity index (χ2n) is 10.5. The molecule has 0 saturated carbocycles. The third-order valence-electron chi connectivity index (χ3n) is 7.46. The van der Waals surface area contributed by atoms with Gasteiger partial charge < -0.3 is 25.0 Å². The summed E-state index contributed by atoms with van der Waals surface area (Å²) in [5.41, 5.74) is 7.68. The van der Waals surface area contributed by atoms with Crippen molar-refractivity contribution in [2.75, 3.05) is 56.6 Å². The molecule has 4 aromatic rings. The molecule has 0 aliphatic carbocycles. The molecular formula is C32H40FN5O2. The largest absolute Gasteiger partial charge is 0.396 e. The number of rotatable bonds is 13. The van der Waals surface area contributed by atoms with Gasteiger partial charge in [-0.2, -0.15) is 0 Å². The van der Waals surface area contributed by atoms with E-state index in [-0.39, 0.29) is 12.4 Å². The molecule has 0 bridgehead atoms. The van der Waals surface area contributed by atoms with Gasteiger partial charge in [0.05, 0.1) is 30.8 Å². The summed E-state index contributed by atoms with van der Waals surface area (Å²) < 4.78 is 21.2. The van der Waals surface area contributed by atoms with Gasteiger partial charge in [-0.3, -0.25) is 4.90 Å². The number of nitrogens with one attached hydrogen (secondary N) is 2. The number of fused-ring (bicyclic) bond motifs is 1. The maximum Gasteiger partial charge on any atom is 0.204 e. The van der Waals surface area contributed by atoms with Crippen molar-refractivity contribution in [1.29, 1.82) is 0 Å². The molecule has 1 saturated heterocycles. The fraction of sp³-hybridized carbons (Fsp3) is 0.406. The molecule has 0 amide bonds. The predicted molar refractivity (Wildman–Crippen MR) is 160 cm³/mol. The first-order valence-electron chi connectivity index (χ1n) is 14.3. The zero-order valence-electron chi connectivity index (χ0n) is 23.3. The van der Waals surface area contributed by atoms with Gasteiger partial charge in [-0.05, 0) is 85.3 Å². The van der Waals surface area contributed by atoms with Crippen molar-refractivity contribution in [2.24, 2.45) is 0 Å². The van der Waals surface area contributed by atoms with E-state index >= 15 is 0 Å². The standard InChI is InChI=1S/C32H40FN5O2/c1-24-5-9-27(4-2-17-39)29(20-24)35-22-26-8-12-31-30(21-26)36-32(34-13-3-14-37-15-18-40-19-16-37)38(31)23-25-6-10-28(33)11-7-25/h5-12,20-21,35,39H,2-4,13-19,22-23H2,1H3,(H,34,36). The van der Waals surface area contributed by atoms with E-state index in [9.17, 15) is 9.50 Å². The Labute approximate surface area is 236 Å². The van der Waals surface area contributed by atoms with Crippen molar-refractivity contribution < 1.29 is 14.2 Å². The Morgan fingerprint density at radius 3 is 2.55 bits per heavy atom. The quantitative estimate of drug-likeness (QED) is 0.201. The Hall–Kier alpha value is -3.46. The lowest BCUT2D eigenvalue weighted by molar-refractivity contribution is 0.0378. The summed E-state index contributed by atoms with van der Waals surface area (Å²) in [6, 6.07) is 19.5. The summed E-state index contributed by atoms with van der Waals surface area (Å²) in [6.07, 6.45) is 2.61. The van der Waals surface area contributed by atoms with Crippen molar-refractivity contribution in [1.82, 2.24) is 14.5 Å². The molecule has 0 radical (unpaired) electrons. The number of halogens is 1. The van der Waals surface area contributed by atoms with Crippen molar-refractivity contribution in [2.45, 2.75) is 39.3 Å². The Morgan fingerprint density at radius 2 is 1.75 bits per heavy atom. The lowest BCUT2D eigenvalue weighted by Crippen LogP contribution is -2.37. The molecule has 3 aromatic carbocycles. The molecule has 1 fully saturated rings. The SMILES string of the molecule is Cc1ccc(CCCO)c(NCc2ccc3c(c2)nc(NCCCN2CCOCC2)n3Cc2ccc(F)cc2)c1. The lowest BCUT2D eigenvalue weighted by atomic mass is 10.0. The Morgan fingerprint density at radius 1 is 0.950 bits per heavy atom. The average molecular weight is 546 g/mol. The van der Waals surface area contributed by atoms with Crippen LogP contribution in [0.15, 0.2) is 60.7 Å². The van der Waals surface area contributed by atoms with E-state index in [0.717, 1.165) is 92.5 Å². The predicted octanol–water partition coefficient (Wildman–Crippen LogP) is 5.20. The molecular weight excluding hydrogens is 505 g/mol. The second kappa shape index (κ2) is 13.7. The summed E-state index contributed by atoms with van der Waals surface area (Å²) in [7, 11) is 0. The topological polar surface area (TPSA) is 74.6 Å². The van der Waals surface area contributed by atoms with Crippen LogP contribution in [-0.4, -0.2) is 65.6 Å². The number of aryl methyl sites for hydroxylation is 2. The molecule has 1 aliphatic rings. The van der Waals surface area contributed by atoms with Gasteiger partial charge in [0.15, 0.2) is 0 Å². The monoisotopic (exact) mass is 545 g/mol. The van der Waals surface area contributed by atoms with Crippen LogP contribution >= 0.6 is 0 Å². The van der Waals surface area contributed by atoms with E-state index in [4.69, 9.17) is 9.72 Å². The minimum atomic E-state index is -0.231. The van der Waals surface area contributed by atoms with E-state index in [2.05, 4.69) is 63.4 Å². The molecule has 0 spiro atoms. The summed E-state index contributed by atoms with van der Waals surface area (Å²) in [5.74, 6) is 0.599. The van der Waals surface area contributed by atoms with Gasteiger partial charge in [-0.25, -0.2) is 9.37 Å². The van der Waals surface area contributed by atoms with Crippen LogP contribution in [-0.2, 0) is 24.2 Å². The molecule has 3 N–H and O–H groups in total. The number of hydrogen-bond donors (Lipinski definition) is 3. The number of aliphatic hydroxyl groups is 1. The fourth-order valence-electron chi connectivity index (χ4n) is 5.22. The molecule has 0 atom stereocenters. The Kier molecular flexibility index (Phi) is 9.65. The van der Waals surface area contributed by atoms with Crippen molar-refractivity contribution >= 4 is 22.7 Å². The van der Waals surface area contributed by atoms with Crippen LogP contribution in [0.4, 0.5) is 16.0 Å². The van der Waals surface area contributed by atoms with Crippen molar-refractivity contribution in [3.63, 3.8) is 0 Å². The van der Waals surface area contributed by atoms with Gasteiger partial charge in [-0.1, -0.05) is 30.3 Å². The molecule has 0 unspecified atom stereocenters. The minimum absolute atomic E-state index is 0.189. The lowest BCUT2D eigenvalue weighted by Gasteiger charge is -2.26. The smallest absolute Gasteiger partial charge is 0.204 e. The van der Waals surface area contributed by atoms with Gasteiger partial charge in [0, 0.05) is 38.5 Å². The van der Waals surface area contributed by atoms with Gasteiger partial charge in [-0.15, -0.1) is 0 Å². The van der Waals surface area contributed by atoms with Crippen LogP contribution in [0.2, 0.25) is 0 Å². The zero-order valence-corrected chi connectivity index (χ0v) is 23.3. The second-order valence-corrected chi connectivity index (χ2v) is 10.5. The third-order valence-corrected chi connectivity index (χ3v) is 7.46. The number of aromatic nitrogens is 2. The number of benzene rings is 3. The number of aliphatic hydroxyl groups excluding tert-OH is 1. The summed E-state index contributed by atoms with van der Waals surface area (Å²) in [6.45, 7) is 9.03. The van der Waals surface area contributed by atoms with E-state index < -0.39 is 0 Å². The maximum absolute atomic E-state index is 13.5. The zero-order chi connectivity index (χ0) is 27.7. The molecule has 212 valence electrons. The average Bonchev–Trinajstić information content (AvgIpc) is 3.31. The van der Waals surface area contributed by atoms with Gasteiger partial charge in [0.1, 0.15) is 5.82 Å². The normalized spacial score (nSPS) is 14.1. The van der Waals surface area contributed by atoms with Crippen LogP contribution in [0.1, 0.15) is 35.1 Å². The number of ether oxygens (including phenoxy) is 1. The molecule has 5 rings (SSSR count).